The molecule has 1 aromatic heterocycles. The number of nitrogens with one attached hydrogen (secondary N) is 1. The van der Waals surface area contributed by atoms with Gasteiger partial charge in [0.25, 0.3) is 0 Å². The number of aromatic carboxylic acids is 1. The van der Waals surface area contributed by atoms with Gasteiger partial charge in [0.2, 0.25) is 10.0 Å². The monoisotopic (exact) mass is 334 g/mol. The van der Waals surface area contributed by atoms with E-state index in [1.165, 1.54) is 30.6 Å². The predicted octanol–water partition coefficient (Wildman–Crippen LogP) is 2.38. The summed E-state index contributed by atoms with van der Waals surface area (Å²) < 4.78 is 26.8. The van der Waals surface area contributed by atoms with E-state index >= 15 is 0 Å². The van der Waals surface area contributed by atoms with Crippen LogP contribution in [0.15, 0.2) is 47.6 Å². The maximum absolute atomic E-state index is 12.1. The van der Waals surface area contributed by atoms with Gasteiger partial charge in [0.05, 0.1) is 10.5 Å². The van der Waals surface area contributed by atoms with Gasteiger partial charge < -0.3 is 5.11 Å². The van der Waals surface area contributed by atoms with E-state index in [0.29, 0.717) is 17.7 Å². The zero-order chi connectivity index (χ0) is 17.0. The van der Waals surface area contributed by atoms with Gasteiger partial charge in [0, 0.05) is 24.5 Å². The molecule has 0 aliphatic heterocycles. The largest absolute Gasteiger partial charge is 0.478 e. The summed E-state index contributed by atoms with van der Waals surface area (Å²) in [7, 11) is -3.54. The Bertz CT molecular complexity index is 799. The van der Waals surface area contributed by atoms with E-state index in [-0.39, 0.29) is 16.4 Å². The first-order valence-electron chi connectivity index (χ1n) is 7.08. The highest BCUT2D eigenvalue weighted by Gasteiger charge is 2.14. The third kappa shape index (κ3) is 4.37. The summed E-state index contributed by atoms with van der Waals surface area (Å²) in [6.07, 6.45) is 2.80. The highest BCUT2D eigenvalue weighted by atomic mass is 32.2. The number of rotatable bonds is 6. The second-order valence-electron chi connectivity index (χ2n) is 5.54. The van der Waals surface area contributed by atoms with Gasteiger partial charge in [-0.1, -0.05) is 26.0 Å². The molecular formula is C16H18N2O4S. The third-order valence-electron chi connectivity index (χ3n) is 3.16. The van der Waals surface area contributed by atoms with Gasteiger partial charge >= 0.3 is 5.97 Å². The fourth-order valence-electron chi connectivity index (χ4n) is 1.90. The van der Waals surface area contributed by atoms with E-state index in [1.54, 1.807) is 12.1 Å². The fraction of sp³-hybridized carbons (Fsp3) is 0.250. The lowest BCUT2D eigenvalue weighted by atomic mass is 10.1. The molecule has 0 amide bonds. The molecule has 1 heterocycles. The highest BCUT2D eigenvalue weighted by Crippen LogP contribution is 2.21. The molecule has 2 aromatic rings. The van der Waals surface area contributed by atoms with Crippen LogP contribution in [0.5, 0.6) is 0 Å². The van der Waals surface area contributed by atoms with Crippen molar-refractivity contribution in [2.75, 3.05) is 6.54 Å². The summed E-state index contributed by atoms with van der Waals surface area (Å²) in [5.74, 6) is -0.842. The van der Waals surface area contributed by atoms with E-state index < -0.39 is 16.0 Å². The zero-order valence-corrected chi connectivity index (χ0v) is 13.7. The molecule has 0 unspecified atom stereocenters. The van der Waals surface area contributed by atoms with Gasteiger partial charge in [-0.3, -0.25) is 4.98 Å². The number of hydrogen-bond acceptors (Lipinski definition) is 4. The van der Waals surface area contributed by atoms with Gasteiger partial charge in [-0.15, -0.1) is 0 Å². The molecule has 1 aromatic carbocycles. The fourth-order valence-corrected chi connectivity index (χ4v) is 3.11. The Hall–Kier alpha value is -2.25. The molecule has 0 spiro atoms. The van der Waals surface area contributed by atoms with E-state index in [2.05, 4.69) is 9.71 Å². The Morgan fingerprint density at radius 3 is 2.39 bits per heavy atom. The smallest absolute Gasteiger partial charge is 0.337 e. The number of carboxylic acid groups (broad SMARTS) is 1. The van der Waals surface area contributed by atoms with Gasteiger partial charge in [0.1, 0.15) is 0 Å². The molecule has 7 heteroatoms. The first-order chi connectivity index (χ1) is 10.8. The summed E-state index contributed by atoms with van der Waals surface area (Å²) in [4.78, 5) is 15.0. The van der Waals surface area contributed by atoms with Crippen LogP contribution in [-0.4, -0.2) is 31.0 Å². The normalized spacial score (nSPS) is 11.6. The first kappa shape index (κ1) is 17.1. The van der Waals surface area contributed by atoms with Crippen molar-refractivity contribution in [3.63, 3.8) is 0 Å². The lowest BCUT2D eigenvalue weighted by Crippen LogP contribution is -2.27. The summed E-state index contributed by atoms with van der Waals surface area (Å²) in [5.41, 5.74) is 1.39. The van der Waals surface area contributed by atoms with E-state index in [1.807, 2.05) is 13.8 Å². The molecule has 0 radical (unpaired) electrons. The summed E-state index contributed by atoms with van der Waals surface area (Å²) in [6, 6.07) is 7.74. The molecule has 0 fully saturated rings. The van der Waals surface area contributed by atoms with E-state index in [0.717, 1.165) is 0 Å². The van der Waals surface area contributed by atoms with Gasteiger partial charge in [-0.25, -0.2) is 17.9 Å². The second kappa shape index (κ2) is 6.89. The molecule has 0 aliphatic carbocycles. The van der Waals surface area contributed by atoms with Crippen molar-refractivity contribution in [2.24, 2.45) is 5.92 Å². The number of nitrogens with zero attached hydrogens (tertiary/aromatic N) is 1. The molecule has 0 saturated carbocycles. The molecule has 2 rings (SSSR count). The quantitative estimate of drug-likeness (QED) is 0.845. The minimum Gasteiger partial charge on any atom is -0.478 e. The molecule has 23 heavy (non-hydrogen) atoms. The number of benzene rings is 1. The Morgan fingerprint density at radius 2 is 1.83 bits per heavy atom. The van der Waals surface area contributed by atoms with Crippen LogP contribution in [0, 0.1) is 5.92 Å². The van der Waals surface area contributed by atoms with Gasteiger partial charge in [0.15, 0.2) is 0 Å². The van der Waals surface area contributed by atoms with Crippen molar-refractivity contribution in [3.05, 3.63) is 48.3 Å². The van der Waals surface area contributed by atoms with Crippen molar-refractivity contribution in [2.45, 2.75) is 18.7 Å². The molecule has 0 saturated heterocycles. The maximum Gasteiger partial charge on any atom is 0.337 e. The van der Waals surface area contributed by atoms with Crippen LogP contribution in [-0.2, 0) is 10.0 Å². The third-order valence-corrected chi connectivity index (χ3v) is 4.60. The summed E-state index contributed by atoms with van der Waals surface area (Å²) in [5, 5.41) is 8.98. The van der Waals surface area contributed by atoms with E-state index in [9.17, 15) is 13.2 Å². The van der Waals surface area contributed by atoms with Crippen molar-refractivity contribution in [3.8, 4) is 11.1 Å². The Kier molecular flexibility index (Phi) is 5.12. The molecule has 2 N–H and O–H groups in total. The number of hydrogen-bond donors (Lipinski definition) is 2. The molecule has 0 bridgehead atoms. The van der Waals surface area contributed by atoms with Crippen molar-refractivity contribution in [1.29, 1.82) is 0 Å². The second-order valence-corrected chi connectivity index (χ2v) is 7.30. The molecule has 122 valence electrons. The lowest BCUT2D eigenvalue weighted by molar-refractivity contribution is 0.0696. The van der Waals surface area contributed by atoms with Crippen LogP contribution in [0.3, 0.4) is 0 Å². The average molecular weight is 334 g/mol. The molecule has 6 nitrogen and oxygen atoms in total. The Balaban J connectivity index is 2.26. The number of aromatic nitrogens is 1. The number of pyridine rings is 1. The highest BCUT2D eigenvalue weighted by molar-refractivity contribution is 7.89. The number of carbonyl (C=O) groups is 1. The van der Waals surface area contributed by atoms with E-state index in [4.69, 9.17) is 5.11 Å². The number of sulfonamides is 1. The topological polar surface area (TPSA) is 96.4 Å². The van der Waals surface area contributed by atoms with Crippen molar-refractivity contribution < 1.29 is 18.3 Å². The van der Waals surface area contributed by atoms with Gasteiger partial charge in [-0.05, 0) is 29.7 Å². The Morgan fingerprint density at radius 1 is 1.17 bits per heavy atom. The summed E-state index contributed by atoms with van der Waals surface area (Å²) >= 11 is 0. The summed E-state index contributed by atoms with van der Waals surface area (Å²) in [6.45, 7) is 4.22. The van der Waals surface area contributed by atoms with Crippen molar-refractivity contribution in [1.82, 2.24) is 9.71 Å². The van der Waals surface area contributed by atoms with Crippen LogP contribution in [0.4, 0.5) is 0 Å². The minimum atomic E-state index is -3.54. The average Bonchev–Trinajstić information content (AvgIpc) is 2.53. The Labute approximate surface area is 135 Å². The lowest BCUT2D eigenvalue weighted by Gasteiger charge is -2.09. The predicted molar refractivity (Wildman–Crippen MR) is 86.7 cm³/mol. The minimum absolute atomic E-state index is 0.0813. The SMILES string of the molecule is CC(C)CNS(=O)(=O)c1ccc(-c2cncc(C(=O)O)c2)cc1. The van der Waals surface area contributed by atoms with Crippen LogP contribution >= 0.6 is 0 Å². The van der Waals surface area contributed by atoms with Crippen molar-refractivity contribution >= 4 is 16.0 Å². The van der Waals surface area contributed by atoms with Crippen LogP contribution in [0.25, 0.3) is 11.1 Å². The molecule has 0 aliphatic rings. The first-order valence-corrected chi connectivity index (χ1v) is 8.56. The number of carboxylic acids is 1. The molecule has 0 atom stereocenters. The van der Waals surface area contributed by atoms with Gasteiger partial charge in [-0.2, -0.15) is 0 Å². The van der Waals surface area contributed by atoms with Crippen LogP contribution in [0.1, 0.15) is 24.2 Å². The molecular weight excluding hydrogens is 316 g/mol. The van der Waals surface area contributed by atoms with Crippen LogP contribution < -0.4 is 4.72 Å². The maximum atomic E-state index is 12.1. The van der Waals surface area contributed by atoms with Crippen LogP contribution in [0.2, 0.25) is 0 Å². The standard InChI is InChI=1S/C16H18N2O4S/c1-11(2)8-18-23(21,22)15-5-3-12(4-6-15)13-7-14(16(19)20)10-17-9-13/h3-7,9-11,18H,8H2,1-2H3,(H,19,20). The zero-order valence-electron chi connectivity index (χ0n) is 12.9.